The summed E-state index contributed by atoms with van der Waals surface area (Å²) in [5.74, 6) is 3.19. The largest absolute Gasteiger partial charge is 0.497 e. The van der Waals surface area contributed by atoms with Crippen LogP contribution in [-0.2, 0) is 20.1 Å². The number of benzene rings is 4. The van der Waals surface area contributed by atoms with Crippen molar-refractivity contribution in [2.45, 2.75) is 13.1 Å². The van der Waals surface area contributed by atoms with Gasteiger partial charge >= 0.3 is 0 Å². The summed E-state index contributed by atoms with van der Waals surface area (Å²) < 4.78 is 24.3. The molecule has 0 saturated carbocycles. The van der Waals surface area contributed by atoms with Gasteiger partial charge in [-0.3, -0.25) is 0 Å². The molecule has 6 rings (SSSR count). The number of hydrogen-bond donors (Lipinski definition) is 1. The van der Waals surface area contributed by atoms with Crippen LogP contribution in [0.1, 0.15) is 11.1 Å². The fourth-order valence-electron chi connectivity index (χ4n) is 4.94. The van der Waals surface area contributed by atoms with Gasteiger partial charge in [-0.2, -0.15) is 0 Å². The van der Waals surface area contributed by atoms with Crippen molar-refractivity contribution in [1.82, 2.24) is 9.55 Å². The molecule has 1 aliphatic heterocycles. The third kappa shape index (κ3) is 5.33. The van der Waals surface area contributed by atoms with Gasteiger partial charge in [0.1, 0.15) is 30.2 Å². The minimum absolute atomic E-state index is 0.549. The van der Waals surface area contributed by atoms with Crippen molar-refractivity contribution in [1.29, 1.82) is 0 Å². The highest BCUT2D eigenvalue weighted by Gasteiger charge is 2.18. The molecule has 8 heteroatoms. The van der Waals surface area contributed by atoms with Crippen LogP contribution in [0, 0.1) is 0 Å². The van der Waals surface area contributed by atoms with Crippen LogP contribution in [0.3, 0.4) is 0 Å². The zero-order chi connectivity index (χ0) is 27.5. The molecule has 0 radical (unpaired) electrons. The highest BCUT2D eigenvalue weighted by molar-refractivity contribution is 5.93. The lowest BCUT2D eigenvalue weighted by Crippen LogP contribution is -2.22. The summed E-state index contributed by atoms with van der Waals surface area (Å²) in [4.78, 5) is 7.16. The maximum Gasteiger partial charge on any atom is 0.163 e. The third-order valence-electron chi connectivity index (χ3n) is 7.05. The van der Waals surface area contributed by atoms with E-state index in [1.807, 2.05) is 60.4 Å². The molecule has 8 nitrogen and oxygen atoms in total. The van der Waals surface area contributed by atoms with Crippen LogP contribution in [-0.4, -0.2) is 37.0 Å². The van der Waals surface area contributed by atoms with E-state index < -0.39 is 0 Å². The maximum atomic E-state index is 5.80. The molecule has 0 bridgehead atoms. The third-order valence-corrected chi connectivity index (χ3v) is 7.05. The topological polar surface area (TPSA) is 70.0 Å². The Bertz CT molecular complexity index is 1560. The number of nitrogens with one attached hydrogen (secondary N) is 1. The monoisotopic (exact) mass is 536 g/mol. The summed E-state index contributed by atoms with van der Waals surface area (Å²) in [6.07, 6.45) is 1.86. The number of fused-ring (bicyclic) bond motifs is 2. The van der Waals surface area contributed by atoms with Gasteiger partial charge in [-0.25, -0.2) is 4.98 Å². The van der Waals surface area contributed by atoms with Gasteiger partial charge < -0.3 is 33.7 Å². The summed E-state index contributed by atoms with van der Waals surface area (Å²) in [6, 6.07) is 26.6. The van der Waals surface area contributed by atoms with E-state index in [-0.39, 0.29) is 0 Å². The van der Waals surface area contributed by atoms with E-state index in [9.17, 15) is 0 Å². The average molecular weight is 537 g/mol. The lowest BCUT2D eigenvalue weighted by molar-refractivity contribution is 0.171. The number of anilines is 3. The van der Waals surface area contributed by atoms with Crippen LogP contribution in [0.4, 0.5) is 17.1 Å². The molecule has 0 unspecified atom stereocenters. The van der Waals surface area contributed by atoms with Crippen molar-refractivity contribution in [3.05, 3.63) is 96.3 Å². The van der Waals surface area contributed by atoms with Crippen molar-refractivity contribution in [3.63, 3.8) is 0 Å². The second kappa shape index (κ2) is 11.1. The molecule has 1 N–H and O–H groups in total. The fourth-order valence-corrected chi connectivity index (χ4v) is 4.94. The van der Waals surface area contributed by atoms with Crippen LogP contribution in [0.15, 0.2) is 85.2 Å². The standard InChI is InChI=1S/C32H32N4O4/c1-35-21-33-32-28(35)16-25(34-24-8-13-30-31(18-24)40-15-14-39-30)17-29(32)36(19-22-4-9-26(37-2)10-5-22)20-23-6-11-27(38-3)12-7-23/h4-13,16-18,21,34H,14-15,19-20H2,1-3H3. The van der Waals surface area contributed by atoms with E-state index in [4.69, 9.17) is 23.9 Å². The van der Waals surface area contributed by atoms with Crippen molar-refractivity contribution in [3.8, 4) is 23.0 Å². The highest BCUT2D eigenvalue weighted by Crippen LogP contribution is 2.36. The maximum absolute atomic E-state index is 5.80. The lowest BCUT2D eigenvalue weighted by atomic mass is 10.1. The molecule has 0 amide bonds. The van der Waals surface area contributed by atoms with Gasteiger partial charge in [0.25, 0.3) is 0 Å². The molecular weight excluding hydrogens is 504 g/mol. The summed E-state index contributed by atoms with van der Waals surface area (Å²) in [7, 11) is 5.39. The van der Waals surface area contributed by atoms with E-state index in [1.165, 1.54) is 11.1 Å². The molecule has 2 heterocycles. The molecule has 5 aromatic rings. The zero-order valence-electron chi connectivity index (χ0n) is 22.9. The first kappa shape index (κ1) is 25.4. The van der Waals surface area contributed by atoms with Crippen LogP contribution in [0.5, 0.6) is 23.0 Å². The van der Waals surface area contributed by atoms with Crippen molar-refractivity contribution >= 4 is 28.1 Å². The van der Waals surface area contributed by atoms with Crippen molar-refractivity contribution in [2.24, 2.45) is 7.05 Å². The Labute approximate surface area is 233 Å². The number of nitrogens with zero attached hydrogens (tertiary/aromatic N) is 3. The van der Waals surface area contributed by atoms with Crippen molar-refractivity contribution < 1.29 is 18.9 Å². The van der Waals surface area contributed by atoms with Gasteiger partial charge in [0.05, 0.1) is 31.8 Å². The Morgan fingerprint density at radius 2 is 1.40 bits per heavy atom. The minimum atomic E-state index is 0.549. The summed E-state index contributed by atoms with van der Waals surface area (Å²) in [5, 5.41) is 3.58. The Balaban J connectivity index is 1.39. The number of imidazole rings is 1. The zero-order valence-corrected chi connectivity index (χ0v) is 22.9. The smallest absolute Gasteiger partial charge is 0.163 e. The van der Waals surface area contributed by atoms with Gasteiger partial charge in [0, 0.05) is 37.6 Å². The predicted octanol–water partition coefficient (Wildman–Crippen LogP) is 6.31. The molecule has 0 spiro atoms. The van der Waals surface area contributed by atoms with Crippen LogP contribution < -0.4 is 29.2 Å². The van der Waals surface area contributed by atoms with Gasteiger partial charge in [-0.1, -0.05) is 24.3 Å². The Kier molecular flexibility index (Phi) is 7.06. The quantitative estimate of drug-likeness (QED) is 0.237. The summed E-state index contributed by atoms with van der Waals surface area (Å²) >= 11 is 0. The number of aromatic nitrogens is 2. The van der Waals surface area contributed by atoms with Crippen LogP contribution in [0.2, 0.25) is 0 Å². The average Bonchev–Trinajstić information content (AvgIpc) is 3.37. The molecule has 0 aliphatic carbocycles. The van der Waals surface area contributed by atoms with Gasteiger partial charge in [0.15, 0.2) is 11.5 Å². The molecule has 4 aromatic carbocycles. The minimum Gasteiger partial charge on any atom is -0.497 e. The van der Waals surface area contributed by atoms with E-state index in [0.29, 0.717) is 26.3 Å². The Hall–Kier alpha value is -4.85. The normalized spacial score (nSPS) is 12.3. The first-order valence-corrected chi connectivity index (χ1v) is 13.2. The Morgan fingerprint density at radius 1 is 0.775 bits per heavy atom. The number of hydrogen-bond acceptors (Lipinski definition) is 7. The van der Waals surface area contributed by atoms with Crippen molar-refractivity contribution in [2.75, 3.05) is 37.7 Å². The number of methoxy groups -OCH3 is 2. The molecule has 0 saturated heterocycles. The molecule has 1 aliphatic rings. The van der Waals surface area contributed by atoms with E-state index in [2.05, 4.69) is 46.6 Å². The van der Waals surface area contributed by atoms with E-state index in [0.717, 1.165) is 51.1 Å². The molecule has 1 aromatic heterocycles. The predicted molar refractivity (Wildman–Crippen MR) is 157 cm³/mol. The van der Waals surface area contributed by atoms with Gasteiger partial charge in [-0.05, 0) is 59.7 Å². The van der Waals surface area contributed by atoms with Gasteiger partial charge in [-0.15, -0.1) is 0 Å². The van der Waals surface area contributed by atoms with Crippen LogP contribution >= 0.6 is 0 Å². The summed E-state index contributed by atoms with van der Waals surface area (Å²) in [5.41, 5.74) is 7.23. The van der Waals surface area contributed by atoms with E-state index >= 15 is 0 Å². The first-order chi connectivity index (χ1) is 19.6. The molecule has 204 valence electrons. The van der Waals surface area contributed by atoms with Gasteiger partial charge in [0.2, 0.25) is 0 Å². The Morgan fingerprint density at radius 3 is 2.02 bits per heavy atom. The molecule has 0 atom stereocenters. The SMILES string of the molecule is COc1ccc(CN(Cc2ccc(OC)cc2)c2cc(Nc3ccc4c(c3)OCCO4)cc3c2ncn3C)cc1. The highest BCUT2D eigenvalue weighted by atomic mass is 16.6. The van der Waals surface area contributed by atoms with Crippen LogP contribution in [0.25, 0.3) is 11.0 Å². The van der Waals surface area contributed by atoms with E-state index in [1.54, 1.807) is 14.2 Å². The second-order valence-corrected chi connectivity index (χ2v) is 9.75. The number of aryl methyl sites for hydroxylation is 1. The second-order valence-electron chi connectivity index (χ2n) is 9.75. The lowest BCUT2D eigenvalue weighted by Gasteiger charge is -2.27. The molecule has 0 fully saturated rings. The number of ether oxygens (including phenoxy) is 4. The first-order valence-electron chi connectivity index (χ1n) is 13.2. The number of rotatable bonds is 9. The summed E-state index contributed by atoms with van der Waals surface area (Å²) in [6.45, 7) is 2.50. The fraction of sp³-hybridized carbons (Fsp3) is 0.219. The molecule has 40 heavy (non-hydrogen) atoms. The molecular formula is C32H32N4O4.